The number of methoxy groups -OCH3 is 1. The van der Waals surface area contributed by atoms with Gasteiger partial charge in [0.2, 0.25) is 0 Å². The van der Waals surface area contributed by atoms with Crippen LogP contribution in [0.1, 0.15) is 35.3 Å². The SMILES string of the molecule is COC(=O)[C@H](CCSC)[NH2+]CC(=O)Nc1sc2c(c1C#N)CCCC2. The molecule has 1 aromatic rings. The number of aryl methyl sites for hydroxylation is 1. The van der Waals surface area contributed by atoms with Crippen molar-refractivity contribution in [2.24, 2.45) is 0 Å². The lowest BCUT2D eigenvalue weighted by atomic mass is 9.96. The van der Waals surface area contributed by atoms with Crippen molar-refractivity contribution in [3.8, 4) is 6.07 Å². The molecule has 0 bridgehead atoms. The molecule has 0 fully saturated rings. The van der Waals surface area contributed by atoms with Gasteiger partial charge in [-0.1, -0.05) is 0 Å². The fourth-order valence-corrected chi connectivity index (χ4v) is 4.67. The van der Waals surface area contributed by atoms with Gasteiger partial charge in [-0.2, -0.15) is 17.0 Å². The van der Waals surface area contributed by atoms with Gasteiger partial charge < -0.3 is 15.4 Å². The second-order valence-corrected chi connectivity index (χ2v) is 8.02. The van der Waals surface area contributed by atoms with Crippen LogP contribution >= 0.6 is 23.1 Å². The molecule has 1 aromatic heterocycles. The van der Waals surface area contributed by atoms with E-state index in [0.717, 1.165) is 37.0 Å². The Kier molecular flexibility index (Phi) is 7.75. The van der Waals surface area contributed by atoms with Crippen molar-refractivity contribution in [3.05, 3.63) is 16.0 Å². The molecule has 136 valence electrons. The van der Waals surface area contributed by atoms with E-state index in [0.29, 0.717) is 17.0 Å². The highest BCUT2D eigenvalue weighted by molar-refractivity contribution is 7.98. The topological polar surface area (TPSA) is 95.8 Å². The van der Waals surface area contributed by atoms with E-state index >= 15 is 0 Å². The lowest BCUT2D eigenvalue weighted by Crippen LogP contribution is -2.93. The predicted molar refractivity (Wildman–Crippen MR) is 99.9 cm³/mol. The van der Waals surface area contributed by atoms with E-state index < -0.39 is 0 Å². The molecule has 1 aliphatic carbocycles. The minimum Gasteiger partial charge on any atom is -0.465 e. The number of nitriles is 1. The van der Waals surface area contributed by atoms with Crippen LogP contribution in [-0.4, -0.2) is 43.6 Å². The summed E-state index contributed by atoms with van der Waals surface area (Å²) >= 11 is 3.16. The summed E-state index contributed by atoms with van der Waals surface area (Å²) in [6.07, 6.45) is 6.75. The molecule has 1 atom stereocenters. The fraction of sp³-hybridized carbons (Fsp3) is 0.588. The van der Waals surface area contributed by atoms with Crippen LogP contribution in [0.2, 0.25) is 0 Å². The quantitative estimate of drug-likeness (QED) is 0.661. The Labute approximate surface area is 156 Å². The number of fused-ring (bicyclic) bond motifs is 1. The van der Waals surface area contributed by atoms with Crippen molar-refractivity contribution in [3.63, 3.8) is 0 Å². The third-order valence-corrected chi connectivity index (χ3v) is 6.11. The number of ether oxygens (including phenoxy) is 1. The Morgan fingerprint density at radius 3 is 2.88 bits per heavy atom. The van der Waals surface area contributed by atoms with Crippen LogP contribution < -0.4 is 10.6 Å². The second-order valence-electron chi connectivity index (χ2n) is 5.93. The fourth-order valence-electron chi connectivity index (χ4n) is 2.93. The molecule has 0 saturated heterocycles. The van der Waals surface area contributed by atoms with Crippen LogP contribution in [-0.2, 0) is 27.2 Å². The van der Waals surface area contributed by atoms with Crippen molar-refractivity contribution in [1.29, 1.82) is 5.26 Å². The molecule has 8 heteroatoms. The van der Waals surface area contributed by atoms with Crippen LogP contribution in [0.4, 0.5) is 5.00 Å². The first-order valence-corrected chi connectivity index (χ1v) is 10.6. The first kappa shape index (κ1) is 19.8. The molecular weight excluding hydrogens is 358 g/mol. The molecule has 0 radical (unpaired) electrons. The zero-order valence-electron chi connectivity index (χ0n) is 14.6. The number of nitrogens with zero attached hydrogens (tertiary/aromatic N) is 1. The van der Waals surface area contributed by atoms with Crippen LogP contribution in [0.5, 0.6) is 0 Å². The molecule has 1 amide bonds. The zero-order valence-corrected chi connectivity index (χ0v) is 16.2. The minimum atomic E-state index is -0.379. The van der Waals surface area contributed by atoms with E-state index in [2.05, 4.69) is 11.4 Å². The van der Waals surface area contributed by atoms with Crippen LogP contribution in [0.25, 0.3) is 0 Å². The van der Waals surface area contributed by atoms with E-state index in [1.54, 1.807) is 17.1 Å². The third kappa shape index (κ3) is 5.21. The number of anilines is 1. The molecule has 2 rings (SSSR count). The number of hydrogen-bond acceptors (Lipinski definition) is 6. The van der Waals surface area contributed by atoms with E-state index in [1.165, 1.54) is 23.3 Å². The number of amides is 1. The van der Waals surface area contributed by atoms with Gasteiger partial charge in [0.1, 0.15) is 11.1 Å². The largest absolute Gasteiger partial charge is 0.465 e. The molecule has 0 spiro atoms. The summed E-state index contributed by atoms with van der Waals surface area (Å²) in [7, 11) is 1.36. The number of nitrogens with two attached hydrogens (primary N) is 1. The zero-order chi connectivity index (χ0) is 18.2. The Hall–Kier alpha value is -1.56. The maximum atomic E-state index is 12.3. The number of nitrogens with one attached hydrogen (secondary N) is 1. The average Bonchev–Trinajstić information content (AvgIpc) is 2.97. The number of quaternary nitrogens is 1. The number of carbonyl (C=O) groups is 2. The number of thiophene rings is 1. The second kappa shape index (κ2) is 9.80. The lowest BCUT2D eigenvalue weighted by molar-refractivity contribution is -0.667. The predicted octanol–water partition coefficient (Wildman–Crippen LogP) is 1.30. The summed E-state index contributed by atoms with van der Waals surface area (Å²) in [6, 6.07) is 1.86. The van der Waals surface area contributed by atoms with Gasteiger partial charge in [-0.05, 0) is 43.3 Å². The maximum Gasteiger partial charge on any atom is 0.364 e. The van der Waals surface area contributed by atoms with Crippen molar-refractivity contribution < 1.29 is 19.6 Å². The summed E-state index contributed by atoms with van der Waals surface area (Å²) in [5.74, 6) is 0.313. The summed E-state index contributed by atoms with van der Waals surface area (Å²) in [6.45, 7) is 0.127. The maximum absolute atomic E-state index is 12.3. The van der Waals surface area contributed by atoms with Crippen LogP contribution in [0, 0.1) is 11.3 Å². The van der Waals surface area contributed by atoms with Gasteiger partial charge in [0, 0.05) is 11.3 Å². The first-order valence-electron chi connectivity index (χ1n) is 8.35. The normalized spacial score (nSPS) is 14.3. The molecule has 0 aliphatic heterocycles. The molecule has 6 nitrogen and oxygen atoms in total. The lowest BCUT2D eigenvalue weighted by Gasteiger charge is -2.12. The van der Waals surface area contributed by atoms with Gasteiger partial charge in [0.15, 0.2) is 12.6 Å². The molecule has 1 heterocycles. The Bertz CT molecular complexity index is 667. The number of thioether (sulfide) groups is 1. The Balaban J connectivity index is 1.97. The Morgan fingerprint density at radius 1 is 1.44 bits per heavy atom. The molecule has 0 unspecified atom stereocenters. The van der Waals surface area contributed by atoms with Gasteiger partial charge in [-0.3, -0.25) is 4.79 Å². The van der Waals surface area contributed by atoms with Gasteiger partial charge in [0.05, 0.1) is 12.7 Å². The number of hydrogen-bond donors (Lipinski definition) is 2. The summed E-state index contributed by atoms with van der Waals surface area (Å²) in [4.78, 5) is 25.3. The van der Waals surface area contributed by atoms with Crippen molar-refractivity contribution in [2.45, 2.75) is 38.1 Å². The monoisotopic (exact) mass is 382 g/mol. The number of carbonyl (C=O) groups excluding carboxylic acids is 2. The summed E-state index contributed by atoms with van der Waals surface area (Å²) in [5.41, 5.74) is 1.71. The first-order chi connectivity index (χ1) is 12.1. The molecule has 1 aliphatic rings. The minimum absolute atomic E-state index is 0.127. The third-order valence-electron chi connectivity index (χ3n) is 4.26. The van der Waals surface area contributed by atoms with Crippen molar-refractivity contribution in [1.82, 2.24) is 0 Å². The molecular formula is C17H24N3O3S2+. The van der Waals surface area contributed by atoms with Crippen molar-refractivity contribution in [2.75, 3.05) is 31.0 Å². The van der Waals surface area contributed by atoms with Crippen LogP contribution in [0.15, 0.2) is 0 Å². The summed E-state index contributed by atoms with van der Waals surface area (Å²) in [5, 5.41) is 14.6. The smallest absolute Gasteiger partial charge is 0.364 e. The molecule has 0 aromatic carbocycles. The Morgan fingerprint density at radius 2 is 2.20 bits per heavy atom. The molecule has 25 heavy (non-hydrogen) atoms. The average molecular weight is 383 g/mol. The van der Waals surface area contributed by atoms with E-state index in [1.807, 2.05) is 6.26 Å². The summed E-state index contributed by atoms with van der Waals surface area (Å²) < 4.78 is 4.80. The highest BCUT2D eigenvalue weighted by atomic mass is 32.2. The molecule has 3 N–H and O–H groups in total. The van der Waals surface area contributed by atoms with E-state index in [9.17, 15) is 14.9 Å². The number of rotatable bonds is 8. The van der Waals surface area contributed by atoms with Gasteiger partial charge >= 0.3 is 5.97 Å². The molecule has 0 saturated carbocycles. The van der Waals surface area contributed by atoms with Crippen molar-refractivity contribution >= 4 is 40.0 Å². The highest BCUT2D eigenvalue weighted by Crippen LogP contribution is 2.37. The number of esters is 1. The van der Waals surface area contributed by atoms with E-state index in [4.69, 9.17) is 4.74 Å². The van der Waals surface area contributed by atoms with E-state index in [-0.39, 0.29) is 24.5 Å². The van der Waals surface area contributed by atoms with Gasteiger partial charge in [-0.25, -0.2) is 4.79 Å². The highest BCUT2D eigenvalue weighted by Gasteiger charge is 2.25. The van der Waals surface area contributed by atoms with Crippen LogP contribution in [0.3, 0.4) is 0 Å². The van der Waals surface area contributed by atoms with Gasteiger partial charge in [-0.15, -0.1) is 11.3 Å². The van der Waals surface area contributed by atoms with Gasteiger partial charge in [0.25, 0.3) is 5.91 Å². The standard InChI is InChI=1S/C17H23N3O3S2/c1-23-17(22)13(7-8-24-2)19-10-15(21)20-16-12(9-18)11-5-3-4-6-14(11)25-16/h13,19H,3-8,10H2,1-2H3,(H,20,21)/p+1/t13-/m0/s1.